The van der Waals surface area contributed by atoms with Gasteiger partial charge in [-0.15, -0.1) is 0 Å². The summed E-state index contributed by atoms with van der Waals surface area (Å²) in [7, 11) is 0. The molecule has 0 atom stereocenters. The van der Waals surface area contributed by atoms with Gasteiger partial charge in [0.2, 0.25) is 6.79 Å². The molecule has 0 bridgehead atoms. The Hall–Kier alpha value is -3.28. The van der Waals surface area contributed by atoms with E-state index < -0.39 is 0 Å². The Labute approximate surface area is 151 Å². The highest BCUT2D eigenvalue weighted by molar-refractivity contribution is 6.04. The van der Waals surface area contributed by atoms with Gasteiger partial charge in [0.1, 0.15) is 5.82 Å². The van der Waals surface area contributed by atoms with Gasteiger partial charge in [0.15, 0.2) is 11.5 Å². The third kappa shape index (κ3) is 3.26. The quantitative estimate of drug-likeness (QED) is 0.766. The summed E-state index contributed by atoms with van der Waals surface area (Å²) in [6.07, 6.45) is 2.69. The van der Waals surface area contributed by atoms with Gasteiger partial charge in [-0.25, -0.2) is 4.68 Å². The molecule has 0 saturated carbocycles. The van der Waals surface area contributed by atoms with Gasteiger partial charge in [0, 0.05) is 11.6 Å². The summed E-state index contributed by atoms with van der Waals surface area (Å²) in [4.78, 5) is 12.6. The van der Waals surface area contributed by atoms with Crippen molar-refractivity contribution < 1.29 is 14.3 Å². The average molecular weight is 349 g/mol. The predicted octanol–water partition coefficient (Wildman–Crippen LogP) is 3.47. The average Bonchev–Trinajstić information content (AvgIpc) is 3.31. The lowest BCUT2D eigenvalue weighted by Crippen LogP contribution is -2.16. The lowest BCUT2D eigenvalue weighted by molar-refractivity contribution is 0.102. The molecular formula is C20H19N3O3. The molecule has 0 radical (unpaired) electrons. The second-order valence-electron chi connectivity index (χ2n) is 6.07. The van der Waals surface area contributed by atoms with Crippen molar-refractivity contribution in [1.29, 1.82) is 0 Å². The molecule has 0 aliphatic carbocycles. The highest BCUT2D eigenvalue weighted by atomic mass is 16.7. The number of hydrogen-bond donors (Lipinski definition) is 1. The van der Waals surface area contributed by atoms with Crippen molar-refractivity contribution >= 4 is 11.7 Å². The van der Waals surface area contributed by atoms with Crippen molar-refractivity contribution in [3.63, 3.8) is 0 Å². The van der Waals surface area contributed by atoms with Crippen LogP contribution in [0.1, 0.15) is 28.4 Å². The maximum atomic E-state index is 12.6. The molecule has 2 aromatic carbocycles. The van der Waals surface area contributed by atoms with E-state index in [2.05, 4.69) is 41.6 Å². The second-order valence-corrected chi connectivity index (χ2v) is 6.07. The lowest BCUT2D eigenvalue weighted by atomic mass is 10.1. The topological polar surface area (TPSA) is 65.4 Å². The summed E-state index contributed by atoms with van der Waals surface area (Å²) in [6, 6.07) is 15.3. The van der Waals surface area contributed by atoms with E-state index in [0.29, 0.717) is 29.4 Å². The number of rotatable bonds is 5. The fraction of sp³-hybridized carbons (Fsp3) is 0.200. The molecular weight excluding hydrogens is 330 g/mol. The summed E-state index contributed by atoms with van der Waals surface area (Å²) in [5, 5.41) is 7.22. The number of fused-ring (bicyclic) bond motifs is 1. The zero-order chi connectivity index (χ0) is 17.9. The molecule has 132 valence electrons. The molecule has 6 nitrogen and oxygen atoms in total. The van der Waals surface area contributed by atoms with Gasteiger partial charge in [-0.3, -0.25) is 4.79 Å². The van der Waals surface area contributed by atoms with Crippen LogP contribution in [0.15, 0.2) is 54.7 Å². The number of nitrogens with one attached hydrogen (secondary N) is 1. The number of carbonyl (C=O) groups excluding carboxylic acids is 1. The lowest BCUT2D eigenvalue weighted by Gasteiger charge is -2.10. The van der Waals surface area contributed by atoms with Crippen LogP contribution < -0.4 is 14.8 Å². The highest BCUT2D eigenvalue weighted by Crippen LogP contribution is 2.32. The van der Waals surface area contributed by atoms with Crippen molar-refractivity contribution in [3.8, 4) is 11.5 Å². The van der Waals surface area contributed by atoms with Crippen LogP contribution in [0.2, 0.25) is 0 Å². The zero-order valence-electron chi connectivity index (χ0n) is 14.4. The predicted molar refractivity (Wildman–Crippen MR) is 97.7 cm³/mol. The van der Waals surface area contributed by atoms with E-state index in [9.17, 15) is 4.79 Å². The van der Waals surface area contributed by atoms with Gasteiger partial charge in [-0.2, -0.15) is 5.10 Å². The van der Waals surface area contributed by atoms with Gasteiger partial charge in [0.05, 0.1) is 12.7 Å². The molecule has 0 fully saturated rings. The van der Waals surface area contributed by atoms with Crippen molar-refractivity contribution in [3.05, 3.63) is 71.4 Å². The minimum atomic E-state index is -0.216. The van der Waals surface area contributed by atoms with E-state index in [1.807, 2.05) is 0 Å². The van der Waals surface area contributed by atoms with E-state index in [0.717, 1.165) is 12.0 Å². The molecule has 1 aromatic heterocycles. The van der Waals surface area contributed by atoms with Crippen LogP contribution in [0.3, 0.4) is 0 Å². The summed E-state index contributed by atoms with van der Waals surface area (Å²) in [6.45, 7) is 2.91. The number of hydrogen-bond acceptors (Lipinski definition) is 4. The van der Waals surface area contributed by atoms with Crippen LogP contribution in [-0.2, 0) is 13.0 Å². The Balaban J connectivity index is 1.48. The molecule has 1 aliphatic rings. The fourth-order valence-electron chi connectivity index (χ4n) is 2.84. The van der Waals surface area contributed by atoms with E-state index in [-0.39, 0.29) is 12.7 Å². The van der Waals surface area contributed by atoms with Crippen molar-refractivity contribution in [2.75, 3.05) is 12.1 Å². The molecule has 3 aromatic rings. The second kappa shape index (κ2) is 6.92. The summed E-state index contributed by atoms with van der Waals surface area (Å²) >= 11 is 0. The molecule has 2 heterocycles. The summed E-state index contributed by atoms with van der Waals surface area (Å²) in [5.74, 6) is 1.67. The first-order chi connectivity index (χ1) is 12.7. The van der Waals surface area contributed by atoms with Crippen LogP contribution in [0.25, 0.3) is 0 Å². The fourth-order valence-corrected chi connectivity index (χ4v) is 2.84. The van der Waals surface area contributed by atoms with Crippen LogP contribution in [0.4, 0.5) is 5.82 Å². The van der Waals surface area contributed by atoms with E-state index in [1.54, 1.807) is 35.1 Å². The monoisotopic (exact) mass is 349 g/mol. The number of nitrogens with zero attached hydrogens (tertiary/aromatic N) is 2. The Kier molecular flexibility index (Phi) is 4.31. The first kappa shape index (κ1) is 16.2. The van der Waals surface area contributed by atoms with Crippen LogP contribution in [0, 0.1) is 0 Å². The molecule has 1 amide bonds. The molecule has 1 N–H and O–H groups in total. The maximum absolute atomic E-state index is 12.6. The molecule has 26 heavy (non-hydrogen) atoms. The molecule has 0 unspecified atom stereocenters. The minimum Gasteiger partial charge on any atom is -0.454 e. The van der Waals surface area contributed by atoms with Crippen LogP contribution >= 0.6 is 0 Å². The number of ether oxygens (including phenoxy) is 2. The third-order valence-corrected chi connectivity index (χ3v) is 4.36. The Bertz CT molecular complexity index is 932. The van der Waals surface area contributed by atoms with Gasteiger partial charge in [-0.1, -0.05) is 31.2 Å². The minimum absolute atomic E-state index is 0.185. The Morgan fingerprint density at radius 2 is 1.85 bits per heavy atom. The molecule has 0 spiro atoms. The highest BCUT2D eigenvalue weighted by Gasteiger charge is 2.17. The molecule has 0 saturated heterocycles. The van der Waals surface area contributed by atoms with Gasteiger partial charge in [0.25, 0.3) is 5.91 Å². The smallest absolute Gasteiger partial charge is 0.256 e. The molecule has 4 rings (SSSR count). The number of amides is 1. The first-order valence-corrected chi connectivity index (χ1v) is 8.53. The van der Waals surface area contributed by atoms with Crippen LogP contribution in [0.5, 0.6) is 11.5 Å². The first-order valence-electron chi connectivity index (χ1n) is 8.53. The number of benzene rings is 2. The normalized spacial score (nSPS) is 12.2. The summed E-state index contributed by atoms with van der Waals surface area (Å²) in [5.41, 5.74) is 2.93. The Morgan fingerprint density at radius 3 is 2.65 bits per heavy atom. The molecule has 6 heteroatoms. The van der Waals surface area contributed by atoms with Crippen molar-refractivity contribution in [2.45, 2.75) is 19.9 Å². The number of aromatic nitrogens is 2. The number of anilines is 1. The van der Waals surface area contributed by atoms with Gasteiger partial charge < -0.3 is 14.8 Å². The van der Waals surface area contributed by atoms with Crippen molar-refractivity contribution in [1.82, 2.24) is 9.78 Å². The third-order valence-electron chi connectivity index (χ3n) is 4.36. The SMILES string of the molecule is CCc1ccc(Cn2nccc2NC(=O)c2ccc3c(c2)OCO3)cc1. The molecule has 1 aliphatic heterocycles. The van der Waals surface area contributed by atoms with E-state index >= 15 is 0 Å². The van der Waals surface area contributed by atoms with Gasteiger partial charge in [-0.05, 0) is 35.7 Å². The Morgan fingerprint density at radius 1 is 1.08 bits per heavy atom. The van der Waals surface area contributed by atoms with Gasteiger partial charge >= 0.3 is 0 Å². The van der Waals surface area contributed by atoms with Crippen molar-refractivity contribution in [2.24, 2.45) is 0 Å². The van der Waals surface area contributed by atoms with E-state index in [1.165, 1.54) is 5.56 Å². The summed E-state index contributed by atoms with van der Waals surface area (Å²) < 4.78 is 12.4. The zero-order valence-corrected chi connectivity index (χ0v) is 14.4. The maximum Gasteiger partial charge on any atom is 0.256 e. The van der Waals surface area contributed by atoms with E-state index in [4.69, 9.17) is 9.47 Å². The largest absolute Gasteiger partial charge is 0.454 e. The number of carbonyl (C=O) groups is 1. The number of aryl methyl sites for hydroxylation is 1. The standard InChI is InChI=1S/C20H19N3O3/c1-2-14-3-5-15(6-4-14)12-23-19(9-10-21-23)22-20(24)16-7-8-17-18(11-16)26-13-25-17/h3-11H,2,12-13H2,1H3,(H,22,24). The van der Waals surface area contributed by atoms with Crippen LogP contribution in [-0.4, -0.2) is 22.5 Å².